The Balaban J connectivity index is 2.09. The van der Waals surface area contributed by atoms with Crippen molar-refractivity contribution < 1.29 is 20.1 Å². The van der Waals surface area contributed by atoms with Gasteiger partial charge in [-0.2, -0.15) is 4.98 Å². The van der Waals surface area contributed by atoms with Crippen molar-refractivity contribution >= 4 is 17.1 Å². The zero-order valence-corrected chi connectivity index (χ0v) is 10.2. The number of aromatic amines is 1. The predicted octanol–water partition coefficient (Wildman–Crippen LogP) is -2.69. The van der Waals surface area contributed by atoms with E-state index in [0.29, 0.717) is 0 Å². The van der Waals surface area contributed by atoms with Crippen LogP contribution in [0.15, 0.2) is 11.1 Å². The Morgan fingerprint density at radius 3 is 2.85 bits per heavy atom. The number of fused-ring (bicyclic) bond motifs is 1. The minimum absolute atomic E-state index is 0.0388. The number of nitrogen functional groups attached to an aromatic ring is 1. The van der Waals surface area contributed by atoms with Crippen LogP contribution in [0.1, 0.15) is 6.23 Å². The molecule has 0 radical (unpaired) electrons. The summed E-state index contributed by atoms with van der Waals surface area (Å²) in [7, 11) is 0. The molecule has 3 heterocycles. The molecule has 4 atom stereocenters. The Labute approximate surface area is 111 Å². The van der Waals surface area contributed by atoms with Crippen LogP contribution in [0.4, 0.5) is 5.95 Å². The van der Waals surface area contributed by atoms with E-state index in [1.807, 2.05) is 0 Å². The molecule has 2 aromatic heterocycles. The van der Waals surface area contributed by atoms with E-state index in [0.717, 1.165) is 0 Å². The lowest BCUT2D eigenvalue weighted by Crippen LogP contribution is -2.33. The fourth-order valence-electron chi connectivity index (χ4n) is 2.24. The average molecular weight is 283 g/mol. The summed E-state index contributed by atoms with van der Waals surface area (Å²) < 4.78 is 6.64. The fourth-order valence-corrected chi connectivity index (χ4v) is 2.24. The molecule has 2 unspecified atom stereocenters. The highest BCUT2D eigenvalue weighted by Crippen LogP contribution is 2.30. The van der Waals surface area contributed by atoms with Crippen molar-refractivity contribution in [2.24, 2.45) is 0 Å². The second-order valence-electron chi connectivity index (χ2n) is 4.50. The summed E-state index contributed by atoms with van der Waals surface area (Å²) in [5.41, 5.74) is 5.12. The van der Waals surface area contributed by atoms with Crippen LogP contribution in [0, 0.1) is 0 Å². The first-order valence-corrected chi connectivity index (χ1v) is 5.87. The van der Waals surface area contributed by atoms with Crippen molar-refractivity contribution in [3.05, 3.63) is 16.7 Å². The summed E-state index contributed by atoms with van der Waals surface area (Å²) in [6.45, 7) is -0.447. The van der Waals surface area contributed by atoms with Gasteiger partial charge in [0.25, 0.3) is 5.56 Å². The molecule has 1 fully saturated rings. The number of hydrogen-bond acceptors (Lipinski definition) is 8. The number of imidazole rings is 1. The summed E-state index contributed by atoms with van der Waals surface area (Å²) in [5.74, 6) is -0.101. The number of rotatable bonds is 2. The zero-order valence-electron chi connectivity index (χ0n) is 10.2. The average Bonchev–Trinajstić information content (AvgIpc) is 2.93. The van der Waals surface area contributed by atoms with Crippen LogP contribution in [0.5, 0.6) is 0 Å². The summed E-state index contributed by atoms with van der Waals surface area (Å²) in [6.07, 6.45) is -3.21. The van der Waals surface area contributed by atoms with Crippen LogP contribution in [0.25, 0.3) is 11.2 Å². The van der Waals surface area contributed by atoms with Crippen molar-refractivity contribution in [1.82, 2.24) is 19.5 Å². The molecule has 108 valence electrons. The van der Waals surface area contributed by atoms with Gasteiger partial charge >= 0.3 is 0 Å². The van der Waals surface area contributed by atoms with Crippen LogP contribution in [-0.2, 0) is 4.74 Å². The number of aliphatic hydroxyl groups is 3. The number of aromatic nitrogens is 4. The first-order chi connectivity index (χ1) is 9.52. The molecule has 10 heteroatoms. The highest BCUT2D eigenvalue weighted by molar-refractivity contribution is 5.70. The quantitative estimate of drug-likeness (QED) is 0.398. The molecule has 2 aromatic rings. The summed E-state index contributed by atoms with van der Waals surface area (Å²) >= 11 is 0. The van der Waals surface area contributed by atoms with E-state index in [-0.39, 0.29) is 17.1 Å². The Bertz CT molecular complexity index is 697. The van der Waals surface area contributed by atoms with Gasteiger partial charge in [0.15, 0.2) is 17.4 Å². The highest BCUT2D eigenvalue weighted by Gasteiger charge is 2.44. The van der Waals surface area contributed by atoms with Gasteiger partial charge in [-0.15, -0.1) is 0 Å². The summed E-state index contributed by atoms with van der Waals surface area (Å²) in [5, 5.41) is 28.7. The predicted molar refractivity (Wildman–Crippen MR) is 65.6 cm³/mol. The molecule has 0 amide bonds. The van der Waals surface area contributed by atoms with Crippen LogP contribution in [0.3, 0.4) is 0 Å². The summed E-state index contributed by atoms with van der Waals surface area (Å²) in [6, 6.07) is 0. The molecule has 0 bridgehead atoms. The first-order valence-electron chi connectivity index (χ1n) is 5.87. The third-order valence-corrected chi connectivity index (χ3v) is 3.24. The number of aliphatic hydroxyl groups excluding tert-OH is 3. The third kappa shape index (κ3) is 1.78. The van der Waals surface area contributed by atoms with E-state index in [9.17, 15) is 15.0 Å². The van der Waals surface area contributed by atoms with E-state index in [1.165, 1.54) is 10.9 Å². The van der Waals surface area contributed by atoms with Gasteiger partial charge in [-0.1, -0.05) is 0 Å². The molecule has 0 aromatic carbocycles. The van der Waals surface area contributed by atoms with Crippen molar-refractivity contribution in [2.75, 3.05) is 12.3 Å². The number of anilines is 1. The summed E-state index contributed by atoms with van der Waals surface area (Å²) in [4.78, 5) is 21.8. The third-order valence-electron chi connectivity index (χ3n) is 3.24. The Hall–Kier alpha value is -2.01. The molecule has 1 saturated heterocycles. The number of ether oxygens (including phenoxy) is 1. The molecule has 0 aliphatic carbocycles. The molecule has 0 spiro atoms. The van der Waals surface area contributed by atoms with Gasteiger partial charge < -0.3 is 25.8 Å². The number of nitrogens with two attached hydrogens (primary N) is 1. The largest absolute Gasteiger partial charge is 0.394 e. The number of nitrogens with one attached hydrogen (secondary N) is 1. The maximum absolute atomic E-state index is 11.7. The maximum Gasteiger partial charge on any atom is 0.280 e. The van der Waals surface area contributed by atoms with E-state index in [2.05, 4.69) is 15.0 Å². The zero-order chi connectivity index (χ0) is 14.4. The lowest BCUT2D eigenvalue weighted by molar-refractivity contribution is -0.0511. The number of nitrogens with zero attached hydrogens (tertiary/aromatic N) is 3. The minimum atomic E-state index is -1.29. The second kappa shape index (κ2) is 4.52. The second-order valence-corrected chi connectivity index (χ2v) is 4.50. The lowest BCUT2D eigenvalue weighted by atomic mass is 10.1. The first kappa shape index (κ1) is 13.0. The Kier molecular flexibility index (Phi) is 2.94. The van der Waals surface area contributed by atoms with E-state index >= 15 is 0 Å². The van der Waals surface area contributed by atoms with Crippen molar-refractivity contribution in [2.45, 2.75) is 24.5 Å². The Morgan fingerprint density at radius 1 is 1.45 bits per heavy atom. The normalized spacial score (nSPS) is 30.1. The molecule has 1 aliphatic heterocycles. The van der Waals surface area contributed by atoms with Gasteiger partial charge in [0, 0.05) is 0 Å². The van der Waals surface area contributed by atoms with Crippen molar-refractivity contribution in [3.8, 4) is 0 Å². The van der Waals surface area contributed by atoms with E-state index < -0.39 is 36.7 Å². The van der Waals surface area contributed by atoms with Gasteiger partial charge in [-0.05, 0) is 0 Å². The van der Waals surface area contributed by atoms with Crippen LogP contribution in [-0.4, -0.2) is 59.8 Å². The van der Waals surface area contributed by atoms with Gasteiger partial charge in [0.05, 0.1) is 12.9 Å². The number of hydrogen-bond donors (Lipinski definition) is 5. The maximum atomic E-state index is 11.7. The molecule has 3 rings (SSSR count). The van der Waals surface area contributed by atoms with Crippen LogP contribution >= 0.6 is 0 Å². The Morgan fingerprint density at radius 2 is 2.20 bits per heavy atom. The van der Waals surface area contributed by atoms with Gasteiger partial charge in [-0.3, -0.25) is 14.3 Å². The molecule has 6 N–H and O–H groups in total. The van der Waals surface area contributed by atoms with Crippen LogP contribution in [0.2, 0.25) is 0 Å². The van der Waals surface area contributed by atoms with Crippen LogP contribution < -0.4 is 11.3 Å². The molecular formula is C10H13N5O5. The van der Waals surface area contributed by atoms with Gasteiger partial charge in [0.1, 0.15) is 18.3 Å². The SMILES string of the molecule is Nc1nc2c(ncn2C2O[C@H](CO)[C@H](O)C2O)c(=O)[nH]1. The molecule has 20 heavy (non-hydrogen) atoms. The molecule has 0 saturated carbocycles. The van der Waals surface area contributed by atoms with E-state index in [1.54, 1.807) is 0 Å². The molecular weight excluding hydrogens is 270 g/mol. The van der Waals surface area contributed by atoms with Crippen molar-refractivity contribution in [3.63, 3.8) is 0 Å². The topological polar surface area (TPSA) is 160 Å². The van der Waals surface area contributed by atoms with Gasteiger partial charge in [-0.25, -0.2) is 4.98 Å². The monoisotopic (exact) mass is 283 g/mol. The lowest BCUT2D eigenvalue weighted by Gasteiger charge is -2.16. The smallest absolute Gasteiger partial charge is 0.280 e. The fraction of sp³-hybridized carbons (Fsp3) is 0.500. The standard InChI is InChI=1S/C10H13N5O5/c11-10-13-7-4(8(19)14-10)12-2-15(7)9-6(18)5(17)3(1-16)20-9/h2-3,5-6,9,16-18H,1H2,(H3,11,13,14,19)/t3-,5+,6?,9?/m1/s1. The van der Waals surface area contributed by atoms with E-state index in [4.69, 9.17) is 15.6 Å². The number of H-pyrrole nitrogens is 1. The molecule has 10 nitrogen and oxygen atoms in total. The highest BCUT2D eigenvalue weighted by atomic mass is 16.6. The minimum Gasteiger partial charge on any atom is -0.394 e. The van der Waals surface area contributed by atoms with Gasteiger partial charge in [0.2, 0.25) is 5.95 Å². The molecule has 1 aliphatic rings. The van der Waals surface area contributed by atoms with Crippen molar-refractivity contribution in [1.29, 1.82) is 0 Å².